The molecule has 0 aromatic heterocycles. The summed E-state index contributed by atoms with van der Waals surface area (Å²) in [6, 6.07) is 0. The molecule has 82 valence electrons. The number of esters is 1. The van der Waals surface area contributed by atoms with Crippen LogP contribution in [0.1, 0.15) is 45.4 Å². The van der Waals surface area contributed by atoms with E-state index < -0.39 is 11.9 Å². The van der Waals surface area contributed by atoms with Crippen LogP contribution in [0.15, 0.2) is 0 Å². The van der Waals surface area contributed by atoms with Crippen molar-refractivity contribution in [3.63, 3.8) is 0 Å². The molecule has 0 unspecified atom stereocenters. The van der Waals surface area contributed by atoms with Gasteiger partial charge in [0, 0.05) is 0 Å². The van der Waals surface area contributed by atoms with Crippen molar-refractivity contribution in [2.24, 2.45) is 0 Å². The zero-order chi connectivity index (χ0) is 10.8. The summed E-state index contributed by atoms with van der Waals surface area (Å²) < 4.78 is 4.41. The molecule has 0 atom stereocenters. The molecule has 0 aliphatic heterocycles. The molecular formula is C10H17KO4. The third-order valence-electron chi connectivity index (χ3n) is 1.90. The Labute approximate surface area is 133 Å². The van der Waals surface area contributed by atoms with Gasteiger partial charge in [0.2, 0.25) is 0 Å². The van der Waals surface area contributed by atoms with Gasteiger partial charge in [0.25, 0.3) is 0 Å². The van der Waals surface area contributed by atoms with Crippen LogP contribution in [-0.4, -0.2) is 18.5 Å². The molecule has 0 bridgehead atoms. The number of aliphatic carboxylic acids is 1. The average molecular weight is 240 g/mol. The fourth-order valence-corrected chi connectivity index (χ4v) is 1.11. The van der Waals surface area contributed by atoms with Crippen LogP contribution in [0.25, 0.3) is 0 Å². The van der Waals surface area contributed by atoms with Crippen LogP contribution >= 0.6 is 0 Å². The van der Waals surface area contributed by atoms with Gasteiger partial charge in [-0.25, -0.2) is 4.79 Å². The van der Waals surface area contributed by atoms with Crippen molar-refractivity contribution in [3.05, 3.63) is 0 Å². The summed E-state index contributed by atoms with van der Waals surface area (Å²) in [7, 11) is 0. The number of ether oxygens (including phenoxy) is 1. The number of hydrogen-bond donors (Lipinski definition) is 0. The third-order valence-corrected chi connectivity index (χ3v) is 1.90. The molecule has 4 nitrogen and oxygen atoms in total. The maximum Gasteiger partial charge on any atom is 1.00 e. The quantitative estimate of drug-likeness (QED) is 0.216. The summed E-state index contributed by atoms with van der Waals surface area (Å²) in [6.07, 6.45) is 6.41. The van der Waals surface area contributed by atoms with Crippen molar-refractivity contribution >= 4 is 11.9 Å². The number of carboxylic acid groups (broad SMARTS) is 1. The van der Waals surface area contributed by atoms with Gasteiger partial charge in [0.1, 0.15) is 0 Å². The van der Waals surface area contributed by atoms with Crippen molar-refractivity contribution in [1.82, 2.24) is 0 Å². The van der Waals surface area contributed by atoms with Gasteiger partial charge in [-0.2, -0.15) is 0 Å². The summed E-state index contributed by atoms with van der Waals surface area (Å²) in [5.41, 5.74) is 0. The smallest absolute Gasteiger partial charge is 0.539 e. The first-order chi connectivity index (χ1) is 6.68. The average Bonchev–Trinajstić information content (AvgIpc) is 2.16. The second-order valence-electron chi connectivity index (χ2n) is 3.19. The monoisotopic (exact) mass is 240 g/mol. The van der Waals surface area contributed by atoms with Crippen LogP contribution in [0.3, 0.4) is 0 Å². The summed E-state index contributed by atoms with van der Waals surface area (Å²) in [5.74, 6) is -3.03. The first-order valence-corrected chi connectivity index (χ1v) is 5.06. The molecule has 0 saturated heterocycles. The molecule has 0 rings (SSSR count). The maximum absolute atomic E-state index is 10.4. The number of hydrogen-bond acceptors (Lipinski definition) is 4. The third kappa shape index (κ3) is 12.5. The zero-order valence-electron chi connectivity index (χ0n) is 9.58. The Balaban J connectivity index is 0. The topological polar surface area (TPSA) is 66.4 Å². The maximum atomic E-state index is 10.4. The predicted molar refractivity (Wildman–Crippen MR) is 49.3 cm³/mol. The van der Waals surface area contributed by atoms with Crippen LogP contribution in [0, 0.1) is 0 Å². The Hall–Kier alpha value is 0.576. The van der Waals surface area contributed by atoms with E-state index in [4.69, 9.17) is 0 Å². The minimum Gasteiger partial charge on any atom is -0.539 e. The fraction of sp³-hybridized carbons (Fsp3) is 0.800. The van der Waals surface area contributed by atoms with E-state index in [1.165, 1.54) is 19.3 Å². The standard InChI is InChI=1S/C10H18O4.K/c1-2-3-4-5-6-7-8-14-10(13)9(11)12;/h2-8H2,1H3,(H,11,12);/q;+1/p-1. The van der Waals surface area contributed by atoms with Gasteiger partial charge in [-0.15, -0.1) is 0 Å². The van der Waals surface area contributed by atoms with Crippen LogP contribution in [0.2, 0.25) is 0 Å². The first-order valence-electron chi connectivity index (χ1n) is 5.06. The largest absolute Gasteiger partial charge is 1.00 e. The molecule has 0 aliphatic carbocycles. The second-order valence-corrected chi connectivity index (χ2v) is 3.19. The Morgan fingerprint density at radius 1 is 1.07 bits per heavy atom. The fourth-order valence-electron chi connectivity index (χ4n) is 1.11. The van der Waals surface area contributed by atoms with Crippen molar-refractivity contribution in [3.8, 4) is 0 Å². The summed E-state index contributed by atoms with van der Waals surface area (Å²) in [5, 5.41) is 9.92. The Kier molecular flexibility index (Phi) is 15.1. The molecule has 0 N–H and O–H groups in total. The molecule has 0 radical (unpaired) electrons. The Morgan fingerprint density at radius 2 is 1.60 bits per heavy atom. The van der Waals surface area contributed by atoms with Gasteiger partial charge in [-0.05, 0) is 6.42 Å². The van der Waals surface area contributed by atoms with E-state index in [-0.39, 0.29) is 58.0 Å². The van der Waals surface area contributed by atoms with Crippen LogP contribution < -0.4 is 56.5 Å². The normalized spacial score (nSPS) is 9.13. The van der Waals surface area contributed by atoms with Crippen LogP contribution in [0.5, 0.6) is 0 Å². The predicted octanol–water partition coefficient (Wildman–Crippen LogP) is -2.36. The van der Waals surface area contributed by atoms with E-state index in [2.05, 4.69) is 11.7 Å². The van der Waals surface area contributed by atoms with Gasteiger partial charge >= 0.3 is 57.4 Å². The summed E-state index contributed by atoms with van der Waals surface area (Å²) >= 11 is 0. The number of unbranched alkanes of at least 4 members (excludes halogenated alkanes) is 5. The Bertz CT molecular complexity index is 182. The van der Waals surface area contributed by atoms with E-state index >= 15 is 0 Å². The van der Waals surface area contributed by atoms with Crippen molar-refractivity contribution in [2.75, 3.05) is 6.61 Å². The molecule has 0 aromatic rings. The number of carboxylic acids is 1. The van der Waals surface area contributed by atoms with Gasteiger partial charge in [-0.3, -0.25) is 0 Å². The van der Waals surface area contributed by atoms with Crippen LogP contribution in [0.4, 0.5) is 0 Å². The van der Waals surface area contributed by atoms with Gasteiger partial charge < -0.3 is 14.6 Å². The van der Waals surface area contributed by atoms with E-state index in [9.17, 15) is 14.7 Å². The number of carbonyl (C=O) groups excluding carboxylic acids is 2. The molecule has 0 saturated carbocycles. The number of carbonyl (C=O) groups is 2. The molecule has 0 aliphatic rings. The van der Waals surface area contributed by atoms with E-state index in [0.717, 1.165) is 19.3 Å². The van der Waals surface area contributed by atoms with Gasteiger partial charge in [0.15, 0.2) is 5.97 Å². The Morgan fingerprint density at radius 3 is 2.13 bits per heavy atom. The van der Waals surface area contributed by atoms with Gasteiger partial charge in [0.05, 0.1) is 6.61 Å². The van der Waals surface area contributed by atoms with E-state index in [0.29, 0.717) is 0 Å². The first kappa shape index (κ1) is 18.0. The molecule has 5 heteroatoms. The van der Waals surface area contributed by atoms with Crippen molar-refractivity contribution in [1.29, 1.82) is 0 Å². The minimum absolute atomic E-state index is 0. The minimum atomic E-state index is -1.77. The molecule has 0 spiro atoms. The summed E-state index contributed by atoms with van der Waals surface area (Å²) in [4.78, 5) is 20.3. The van der Waals surface area contributed by atoms with E-state index in [1.54, 1.807) is 0 Å². The molecule has 0 amide bonds. The SMILES string of the molecule is CCCCCCCCOC(=O)C(=O)[O-].[K+]. The van der Waals surface area contributed by atoms with Crippen LogP contribution in [-0.2, 0) is 14.3 Å². The number of rotatable bonds is 7. The van der Waals surface area contributed by atoms with Gasteiger partial charge in [-0.1, -0.05) is 39.0 Å². The molecule has 0 heterocycles. The van der Waals surface area contributed by atoms with Crippen molar-refractivity contribution in [2.45, 2.75) is 45.4 Å². The molecule has 15 heavy (non-hydrogen) atoms. The molecular weight excluding hydrogens is 223 g/mol. The molecule has 0 fully saturated rings. The summed E-state index contributed by atoms with van der Waals surface area (Å²) in [6.45, 7) is 2.32. The van der Waals surface area contributed by atoms with Crippen molar-refractivity contribution < 1.29 is 70.8 Å². The second kappa shape index (κ2) is 12.6. The molecule has 0 aromatic carbocycles. The van der Waals surface area contributed by atoms with E-state index in [1.807, 2.05) is 0 Å². The zero-order valence-corrected chi connectivity index (χ0v) is 12.7.